The number of para-hydroxylation sites is 2. The molecule has 6 rings (SSSR count). The Morgan fingerprint density at radius 2 is 1.72 bits per heavy atom. The van der Waals surface area contributed by atoms with Crippen molar-refractivity contribution < 1.29 is 4.74 Å². The van der Waals surface area contributed by atoms with Crippen LogP contribution in [0, 0.1) is 6.92 Å². The first kappa shape index (κ1) is 24.8. The van der Waals surface area contributed by atoms with Crippen molar-refractivity contribution in [3.63, 3.8) is 0 Å². The topological polar surface area (TPSA) is 92.2 Å². The molecule has 1 aliphatic heterocycles. The third kappa shape index (κ3) is 5.00. The molecule has 0 bridgehead atoms. The van der Waals surface area contributed by atoms with Gasteiger partial charge in [0.05, 0.1) is 19.2 Å². The highest BCUT2D eigenvalue weighted by Crippen LogP contribution is 2.29. The summed E-state index contributed by atoms with van der Waals surface area (Å²) >= 11 is 0. The van der Waals surface area contributed by atoms with Gasteiger partial charge in [0.25, 0.3) is 5.56 Å². The van der Waals surface area contributed by atoms with E-state index < -0.39 is 6.04 Å². The Bertz CT molecular complexity index is 1620. The number of nitrogens with one attached hydrogen (secondary N) is 1. The lowest BCUT2D eigenvalue weighted by molar-refractivity contribution is 0.200. The zero-order valence-corrected chi connectivity index (χ0v) is 22.1. The summed E-state index contributed by atoms with van der Waals surface area (Å²) in [7, 11) is 1.65. The van der Waals surface area contributed by atoms with Gasteiger partial charge in [-0.2, -0.15) is 0 Å². The van der Waals surface area contributed by atoms with Gasteiger partial charge in [-0.25, -0.2) is 4.68 Å². The number of tetrazole rings is 1. The van der Waals surface area contributed by atoms with Crippen LogP contribution < -0.4 is 15.2 Å². The number of fused-ring (bicyclic) bond motifs is 1. The van der Waals surface area contributed by atoms with Crippen LogP contribution in [0.2, 0.25) is 0 Å². The minimum atomic E-state index is -0.398. The van der Waals surface area contributed by atoms with Crippen LogP contribution in [0.3, 0.4) is 0 Å². The van der Waals surface area contributed by atoms with E-state index in [9.17, 15) is 4.79 Å². The summed E-state index contributed by atoms with van der Waals surface area (Å²) in [5.41, 5.74) is 4.67. The van der Waals surface area contributed by atoms with Crippen molar-refractivity contribution >= 4 is 16.6 Å². The Hall–Kier alpha value is -4.50. The number of pyridine rings is 1. The summed E-state index contributed by atoms with van der Waals surface area (Å²) in [5, 5.41) is 13.9. The average molecular weight is 522 g/mol. The Morgan fingerprint density at radius 3 is 2.46 bits per heavy atom. The van der Waals surface area contributed by atoms with E-state index in [1.807, 2.05) is 61.5 Å². The van der Waals surface area contributed by atoms with E-state index in [2.05, 4.69) is 54.6 Å². The smallest absolute Gasteiger partial charge is 0.253 e. The third-order valence-electron chi connectivity index (χ3n) is 7.51. The van der Waals surface area contributed by atoms with Crippen LogP contribution in [0.5, 0.6) is 5.75 Å². The molecule has 5 aromatic rings. The maximum Gasteiger partial charge on any atom is 0.253 e. The summed E-state index contributed by atoms with van der Waals surface area (Å²) in [4.78, 5) is 21.4. The predicted molar refractivity (Wildman–Crippen MR) is 151 cm³/mol. The van der Waals surface area contributed by atoms with E-state index in [1.165, 1.54) is 5.69 Å². The number of hydrogen-bond acceptors (Lipinski definition) is 7. The van der Waals surface area contributed by atoms with Crippen LogP contribution in [0.1, 0.15) is 28.6 Å². The number of H-pyrrole nitrogens is 1. The first-order valence-corrected chi connectivity index (χ1v) is 13.2. The number of rotatable bonds is 7. The van der Waals surface area contributed by atoms with Crippen LogP contribution in [0.15, 0.2) is 83.7 Å². The number of ether oxygens (including phenoxy) is 1. The fourth-order valence-corrected chi connectivity index (χ4v) is 5.40. The van der Waals surface area contributed by atoms with Gasteiger partial charge in [0.1, 0.15) is 11.8 Å². The molecule has 0 aliphatic carbocycles. The summed E-state index contributed by atoms with van der Waals surface area (Å²) in [6, 6.07) is 26.0. The fraction of sp³-hybridized carbons (Fsp3) is 0.267. The average Bonchev–Trinajstić information content (AvgIpc) is 3.43. The molecule has 0 radical (unpaired) electrons. The van der Waals surface area contributed by atoms with Crippen molar-refractivity contribution in [2.75, 3.05) is 38.2 Å². The molecule has 1 atom stereocenters. The highest BCUT2D eigenvalue weighted by atomic mass is 16.5. The monoisotopic (exact) mass is 521 g/mol. The molecule has 39 heavy (non-hydrogen) atoms. The van der Waals surface area contributed by atoms with Gasteiger partial charge < -0.3 is 14.6 Å². The molecule has 1 N–H and O–H groups in total. The second kappa shape index (κ2) is 10.7. The van der Waals surface area contributed by atoms with Crippen molar-refractivity contribution in [3.8, 4) is 5.75 Å². The standard InChI is InChI=1S/C30H31N7O2/c1-21-7-6-8-23-19-26(30(38)31-27(21)23)28(36-17-15-35(16-18-36)24-9-4-3-5-10-24)29-32-33-34-37(29)20-22-11-13-25(39-2)14-12-22/h3-14,19,28H,15-18,20H2,1-2H3,(H,31,38)/t28-/m0/s1. The highest BCUT2D eigenvalue weighted by molar-refractivity contribution is 5.82. The second-order valence-electron chi connectivity index (χ2n) is 9.90. The highest BCUT2D eigenvalue weighted by Gasteiger charge is 2.33. The maximum absolute atomic E-state index is 13.6. The van der Waals surface area contributed by atoms with Crippen molar-refractivity contribution in [3.05, 3.63) is 112 Å². The Morgan fingerprint density at radius 1 is 0.949 bits per heavy atom. The molecule has 9 heteroatoms. The molecule has 0 spiro atoms. The van der Waals surface area contributed by atoms with E-state index in [-0.39, 0.29) is 5.56 Å². The number of aromatic amines is 1. The van der Waals surface area contributed by atoms with Crippen molar-refractivity contribution in [1.82, 2.24) is 30.1 Å². The third-order valence-corrected chi connectivity index (χ3v) is 7.51. The van der Waals surface area contributed by atoms with Gasteiger partial charge in [0, 0.05) is 37.4 Å². The largest absolute Gasteiger partial charge is 0.497 e. The van der Waals surface area contributed by atoms with Gasteiger partial charge in [-0.1, -0.05) is 48.5 Å². The zero-order valence-electron chi connectivity index (χ0n) is 22.1. The van der Waals surface area contributed by atoms with E-state index in [0.717, 1.165) is 54.0 Å². The van der Waals surface area contributed by atoms with Crippen LogP contribution >= 0.6 is 0 Å². The van der Waals surface area contributed by atoms with Gasteiger partial charge in [-0.3, -0.25) is 9.69 Å². The van der Waals surface area contributed by atoms with Gasteiger partial charge in [-0.15, -0.1) is 5.10 Å². The number of aryl methyl sites for hydroxylation is 1. The summed E-state index contributed by atoms with van der Waals surface area (Å²) in [6.45, 7) is 5.70. The molecule has 0 amide bonds. The fourth-order valence-electron chi connectivity index (χ4n) is 5.40. The number of benzene rings is 3. The summed E-state index contributed by atoms with van der Waals surface area (Å²) < 4.78 is 7.11. The Balaban J connectivity index is 1.38. The lowest BCUT2D eigenvalue weighted by Gasteiger charge is -2.39. The molecule has 0 saturated carbocycles. The number of aromatic nitrogens is 5. The molecule has 198 valence electrons. The number of nitrogens with zero attached hydrogens (tertiary/aromatic N) is 6. The molecule has 3 heterocycles. The number of anilines is 1. The van der Waals surface area contributed by atoms with Gasteiger partial charge in [-0.05, 0) is 64.2 Å². The number of hydrogen-bond donors (Lipinski definition) is 1. The molecule has 1 aliphatic rings. The van der Waals surface area contributed by atoms with Crippen molar-refractivity contribution in [1.29, 1.82) is 0 Å². The molecule has 1 fully saturated rings. The van der Waals surface area contributed by atoms with Crippen LogP contribution in [-0.4, -0.2) is 63.4 Å². The molecule has 1 saturated heterocycles. The molecule has 9 nitrogen and oxygen atoms in total. The van der Waals surface area contributed by atoms with Gasteiger partial charge >= 0.3 is 0 Å². The van der Waals surface area contributed by atoms with Crippen molar-refractivity contribution in [2.24, 2.45) is 0 Å². The quantitative estimate of drug-likeness (QED) is 0.348. The van der Waals surface area contributed by atoms with Crippen LogP contribution in [-0.2, 0) is 6.54 Å². The predicted octanol–water partition coefficient (Wildman–Crippen LogP) is 3.79. The molecular formula is C30H31N7O2. The first-order chi connectivity index (χ1) is 19.1. The van der Waals surface area contributed by atoms with Gasteiger partial charge in [0.15, 0.2) is 5.82 Å². The van der Waals surface area contributed by atoms with Crippen molar-refractivity contribution in [2.45, 2.75) is 19.5 Å². The normalized spacial score (nSPS) is 15.0. The Kier molecular flexibility index (Phi) is 6.81. The SMILES string of the molecule is COc1ccc(Cn2nnnc2[C@H](c2cc3cccc(C)c3[nH]c2=O)N2CCN(c3ccccc3)CC2)cc1. The zero-order chi connectivity index (χ0) is 26.8. The molecular weight excluding hydrogens is 490 g/mol. The molecule has 3 aromatic carbocycles. The lowest BCUT2D eigenvalue weighted by Crippen LogP contribution is -2.49. The maximum atomic E-state index is 13.6. The number of methoxy groups -OCH3 is 1. The van der Waals surface area contributed by atoms with Crippen LogP contribution in [0.4, 0.5) is 5.69 Å². The first-order valence-electron chi connectivity index (χ1n) is 13.2. The van der Waals surface area contributed by atoms with E-state index in [4.69, 9.17) is 4.74 Å². The molecule has 0 unspecified atom stereocenters. The van der Waals surface area contributed by atoms with E-state index in [1.54, 1.807) is 11.8 Å². The summed E-state index contributed by atoms with van der Waals surface area (Å²) in [5.74, 6) is 1.44. The molecule has 2 aromatic heterocycles. The minimum absolute atomic E-state index is 0.119. The Labute approximate surface area is 226 Å². The number of piperazine rings is 1. The van der Waals surface area contributed by atoms with E-state index in [0.29, 0.717) is 17.9 Å². The minimum Gasteiger partial charge on any atom is -0.497 e. The lowest BCUT2D eigenvalue weighted by atomic mass is 10.0. The summed E-state index contributed by atoms with van der Waals surface area (Å²) in [6.07, 6.45) is 0. The second-order valence-corrected chi connectivity index (χ2v) is 9.90. The van der Waals surface area contributed by atoms with Crippen LogP contribution in [0.25, 0.3) is 10.9 Å². The van der Waals surface area contributed by atoms with E-state index >= 15 is 0 Å². The van der Waals surface area contributed by atoms with Gasteiger partial charge in [0.2, 0.25) is 0 Å².